The Morgan fingerprint density at radius 1 is 1.06 bits per heavy atom. The van der Waals surface area contributed by atoms with Gasteiger partial charge in [-0.1, -0.05) is 18.2 Å². The molecule has 0 aliphatic carbocycles. The standard InChI is InChI=1S/C25H30N4O5S/c1-33-20-9-10-21(23(16-20)34-2)22-7-5-11-28(22)18-25(30)27-12-14-29(15-13-27)35(31,32)24-8-4-3-6-19(24)17-26/h3-4,6,8-10,16,22H,5,7,11-15,18H2,1-2H3. The van der Waals surface area contributed by atoms with Gasteiger partial charge >= 0.3 is 0 Å². The molecule has 2 aliphatic rings. The number of sulfonamides is 1. The molecule has 1 amide bonds. The van der Waals surface area contributed by atoms with Crippen molar-refractivity contribution in [3.8, 4) is 17.6 Å². The topological polar surface area (TPSA) is 103 Å². The molecule has 2 aromatic rings. The number of methoxy groups -OCH3 is 2. The first kappa shape index (κ1) is 25.0. The molecule has 35 heavy (non-hydrogen) atoms. The molecule has 4 rings (SSSR count). The van der Waals surface area contributed by atoms with Crippen molar-refractivity contribution in [1.82, 2.24) is 14.1 Å². The monoisotopic (exact) mass is 498 g/mol. The van der Waals surface area contributed by atoms with E-state index in [1.54, 1.807) is 31.3 Å². The summed E-state index contributed by atoms with van der Waals surface area (Å²) in [7, 11) is -0.553. The summed E-state index contributed by atoms with van der Waals surface area (Å²) in [5, 5.41) is 9.29. The highest BCUT2D eigenvalue weighted by Gasteiger charge is 2.34. The van der Waals surface area contributed by atoms with Crippen LogP contribution in [-0.4, -0.2) is 81.9 Å². The summed E-state index contributed by atoms with van der Waals surface area (Å²) in [5.41, 5.74) is 1.16. The number of likely N-dealkylation sites (tertiary alicyclic amines) is 1. The normalized spacial score (nSPS) is 19.3. The molecule has 0 radical (unpaired) electrons. The van der Waals surface area contributed by atoms with Gasteiger partial charge in [0.05, 0.1) is 31.2 Å². The summed E-state index contributed by atoms with van der Waals surface area (Å²) in [6.07, 6.45) is 1.91. The molecule has 0 aromatic heterocycles. The highest BCUT2D eigenvalue weighted by atomic mass is 32.2. The number of piperazine rings is 1. The van der Waals surface area contributed by atoms with Gasteiger partial charge in [0.1, 0.15) is 17.6 Å². The van der Waals surface area contributed by atoms with Gasteiger partial charge < -0.3 is 14.4 Å². The fraction of sp³-hybridized carbons (Fsp3) is 0.440. The van der Waals surface area contributed by atoms with Gasteiger partial charge in [-0.05, 0) is 37.6 Å². The Morgan fingerprint density at radius 3 is 2.49 bits per heavy atom. The highest BCUT2D eigenvalue weighted by molar-refractivity contribution is 7.89. The van der Waals surface area contributed by atoms with Crippen LogP contribution in [0.4, 0.5) is 0 Å². The summed E-state index contributed by atoms with van der Waals surface area (Å²) >= 11 is 0. The number of hydrogen-bond donors (Lipinski definition) is 0. The van der Waals surface area contributed by atoms with E-state index in [1.165, 1.54) is 16.4 Å². The van der Waals surface area contributed by atoms with Crippen LogP contribution in [0.1, 0.15) is 30.0 Å². The SMILES string of the molecule is COc1ccc(C2CCCN2CC(=O)N2CCN(S(=O)(=O)c3ccccc3C#N)CC2)c(OC)c1. The van der Waals surface area contributed by atoms with Crippen molar-refractivity contribution >= 4 is 15.9 Å². The molecule has 1 atom stereocenters. The van der Waals surface area contributed by atoms with Gasteiger partial charge in [-0.2, -0.15) is 9.57 Å². The predicted molar refractivity (Wildman–Crippen MR) is 130 cm³/mol. The average Bonchev–Trinajstić information content (AvgIpc) is 3.35. The Bertz CT molecular complexity index is 1220. The molecule has 10 heteroatoms. The maximum Gasteiger partial charge on any atom is 0.244 e. The molecule has 2 saturated heterocycles. The Labute approximate surface area is 206 Å². The third kappa shape index (κ3) is 5.12. The van der Waals surface area contributed by atoms with Gasteiger partial charge in [-0.3, -0.25) is 9.69 Å². The minimum atomic E-state index is -3.80. The summed E-state index contributed by atoms with van der Waals surface area (Å²) in [6.45, 7) is 2.11. The maximum absolute atomic E-state index is 13.1. The quantitative estimate of drug-likeness (QED) is 0.577. The second-order valence-corrected chi connectivity index (χ2v) is 10.5. The molecule has 1 unspecified atom stereocenters. The third-order valence-electron chi connectivity index (χ3n) is 6.72. The number of hydrogen-bond acceptors (Lipinski definition) is 7. The molecule has 2 fully saturated rings. The molecule has 9 nitrogen and oxygen atoms in total. The van der Waals surface area contributed by atoms with Crippen molar-refractivity contribution in [2.45, 2.75) is 23.8 Å². The summed E-state index contributed by atoms with van der Waals surface area (Å²) < 4.78 is 38.4. The number of nitrogens with zero attached hydrogens (tertiary/aromatic N) is 4. The molecule has 0 spiro atoms. The lowest BCUT2D eigenvalue weighted by molar-refractivity contribution is -0.133. The Balaban J connectivity index is 1.40. The summed E-state index contributed by atoms with van der Waals surface area (Å²) in [6, 6.07) is 14.0. The largest absolute Gasteiger partial charge is 0.497 e. The molecular formula is C25H30N4O5S. The van der Waals surface area contributed by atoms with E-state index in [2.05, 4.69) is 4.90 Å². The first-order valence-electron chi connectivity index (χ1n) is 11.6. The van der Waals surface area contributed by atoms with Crippen LogP contribution in [0.5, 0.6) is 11.5 Å². The van der Waals surface area contributed by atoms with E-state index < -0.39 is 10.0 Å². The lowest BCUT2D eigenvalue weighted by Crippen LogP contribution is -2.52. The van der Waals surface area contributed by atoms with E-state index in [4.69, 9.17) is 9.47 Å². The van der Waals surface area contributed by atoms with E-state index in [1.807, 2.05) is 24.3 Å². The van der Waals surface area contributed by atoms with Crippen LogP contribution < -0.4 is 9.47 Å². The van der Waals surface area contributed by atoms with Crippen LogP contribution >= 0.6 is 0 Å². The Kier molecular flexibility index (Phi) is 7.60. The minimum Gasteiger partial charge on any atom is -0.497 e. The number of benzene rings is 2. The number of carbonyl (C=O) groups excluding carboxylic acids is 1. The smallest absolute Gasteiger partial charge is 0.244 e. The van der Waals surface area contributed by atoms with E-state index in [-0.39, 0.29) is 42.0 Å². The van der Waals surface area contributed by atoms with Gasteiger partial charge in [0.15, 0.2) is 0 Å². The van der Waals surface area contributed by atoms with Crippen molar-refractivity contribution in [1.29, 1.82) is 5.26 Å². The lowest BCUT2D eigenvalue weighted by Gasteiger charge is -2.35. The second-order valence-electron chi connectivity index (χ2n) is 8.63. The van der Waals surface area contributed by atoms with Crippen molar-refractivity contribution in [2.75, 3.05) is 53.5 Å². The summed E-state index contributed by atoms with van der Waals surface area (Å²) in [5.74, 6) is 1.44. The van der Waals surface area contributed by atoms with Crippen LogP contribution in [0.2, 0.25) is 0 Å². The van der Waals surface area contributed by atoms with E-state index in [9.17, 15) is 18.5 Å². The fourth-order valence-electron chi connectivity index (χ4n) is 4.84. The van der Waals surface area contributed by atoms with E-state index >= 15 is 0 Å². The zero-order chi connectivity index (χ0) is 25.0. The molecular weight excluding hydrogens is 468 g/mol. The number of amides is 1. The van der Waals surface area contributed by atoms with E-state index in [0.717, 1.165) is 36.4 Å². The molecule has 2 aliphatic heterocycles. The second kappa shape index (κ2) is 10.6. The average molecular weight is 499 g/mol. The van der Waals surface area contributed by atoms with Crippen molar-refractivity contribution in [2.24, 2.45) is 0 Å². The van der Waals surface area contributed by atoms with Crippen molar-refractivity contribution in [3.63, 3.8) is 0 Å². The maximum atomic E-state index is 13.1. The van der Waals surface area contributed by atoms with Gasteiger partial charge in [0.2, 0.25) is 15.9 Å². The zero-order valence-electron chi connectivity index (χ0n) is 20.0. The fourth-order valence-corrected chi connectivity index (χ4v) is 6.40. The highest BCUT2D eigenvalue weighted by Crippen LogP contribution is 2.38. The Hall–Kier alpha value is -3.13. The predicted octanol–water partition coefficient (Wildman–Crippen LogP) is 2.25. The molecule has 0 N–H and O–H groups in total. The van der Waals surface area contributed by atoms with Crippen LogP contribution in [0, 0.1) is 11.3 Å². The number of nitriles is 1. The van der Waals surface area contributed by atoms with Crippen LogP contribution in [0.15, 0.2) is 47.4 Å². The van der Waals surface area contributed by atoms with Gasteiger partial charge in [-0.15, -0.1) is 0 Å². The van der Waals surface area contributed by atoms with Crippen LogP contribution in [0.25, 0.3) is 0 Å². The molecule has 2 aromatic carbocycles. The minimum absolute atomic E-state index is 0.00984. The van der Waals surface area contributed by atoms with Gasteiger partial charge in [-0.25, -0.2) is 8.42 Å². The van der Waals surface area contributed by atoms with Crippen LogP contribution in [-0.2, 0) is 14.8 Å². The van der Waals surface area contributed by atoms with E-state index in [0.29, 0.717) is 13.1 Å². The lowest BCUT2D eigenvalue weighted by atomic mass is 10.0. The molecule has 186 valence electrons. The first-order valence-corrected chi connectivity index (χ1v) is 13.1. The third-order valence-corrected chi connectivity index (χ3v) is 8.68. The number of ether oxygens (including phenoxy) is 2. The van der Waals surface area contributed by atoms with Crippen LogP contribution in [0.3, 0.4) is 0 Å². The number of carbonyl (C=O) groups is 1. The molecule has 0 saturated carbocycles. The van der Waals surface area contributed by atoms with Gasteiger partial charge in [0.25, 0.3) is 0 Å². The first-order chi connectivity index (χ1) is 16.9. The van der Waals surface area contributed by atoms with Crippen molar-refractivity contribution < 1.29 is 22.7 Å². The summed E-state index contributed by atoms with van der Waals surface area (Å²) in [4.78, 5) is 17.0. The number of rotatable bonds is 7. The zero-order valence-corrected chi connectivity index (χ0v) is 20.8. The molecule has 2 heterocycles. The van der Waals surface area contributed by atoms with Crippen molar-refractivity contribution in [3.05, 3.63) is 53.6 Å². The van der Waals surface area contributed by atoms with Gasteiger partial charge in [0, 0.05) is 43.9 Å². The molecule has 0 bridgehead atoms. The Morgan fingerprint density at radius 2 is 1.80 bits per heavy atom.